The standard InChI is InChI=1S/C29H29F2N5O4/c1-15(2)18-8-5-7-16(3)25(18)36-27-19(13-21(31)24(32-27)23-20(30)9-6-10-22(23)37)26(33-28(36)38)35-12-11-34(29(39)40)14-17(35)4/h5-10,13,15,17,37H,11-12,14H2,1-4H3,(H,39,40)/t17-/m0/s1. The van der Waals surface area contributed by atoms with E-state index in [0.29, 0.717) is 5.69 Å². The molecule has 9 nitrogen and oxygen atoms in total. The summed E-state index contributed by atoms with van der Waals surface area (Å²) in [7, 11) is 0. The minimum Gasteiger partial charge on any atom is -0.507 e. The smallest absolute Gasteiger partial charge is 0.407 e. The predicted octanol–water partition coefficient (Wildman–Crippen LogP) is 5.05. The van der Waals surface area contributed by atoms with Gasteiger partial charge in [-0.3, -0.25) is 0 Å². The van der Waals surface area contributed by atoms with Crippen molar-refractivity contribution in [1.29, 1.82) is 0 Å². The lowest BCUT2D eigenvalue weighted by molar-refractivity contribution is 0.136. The number of benzene rings is 2. The molecular weight excluding hydrogens is 520 g/mol. The lowest BCUT2D eigenvalue weighted by Crippen LogP contribution is -2.54. The first kappa shape index (κ1) is 27.0. The minimum atomic E-state index is -1.05. The first-order valence-corrected chi connectivity index (χ1v) is 12.9. The number of pyridine rings is 1. The lowest BCUT2D eigenvalue weighted by atomic mass is 9.98. The number of aromatic hydroxyl groups is 1. The van der Waals surface area contributed by atoms with Crippen molar-refractivity contribution in [3.63, 3.8) is 0 Å². The molecule has 11 heteroatoms. The number of para-hydroxylation sites is 1. The molecule has 208 valence electrons. The highest BCUT2D eigenvalue weighted by Crippen LogP contribution is 2.37. The number of piperazine rings is 1. The summed E-state index contributed by atoms with van der Waals surface area (Å²) in [5.41, 5.74) is 0.635. The summed E-state index contributed by atoms with van der Waals surface area (Å²) >= 11 is 0. The predicted molar refractivity (Wildman–Crippen MR) is 147 cm³/mol. The van der Waals surface area contributed by atoms with Gasteiger partial charge in [-0.1, -0.05) is 38.1 Å². The molecule has 3 heterocycles. The van der Waals surface area contributed by atoms with Crippen LogP contribution in [0, 0.1) is 18.6 Å². The Morgan fingerprint density at radius 3 is 2.45 bits per heavy atom. The maximum Gasteiger partial charge on any atom is 0.407 e. The van der Waals surface area contributed by atoms with Crippen molar-refractivity contribution in [2.45, 2.75) is 39.7 Å². The number of carboxylic acid groups (broad SMARTS) is 1. The Morgan fingerprint density at radius 1 is 1.07 bits per heavy atom. The molecule has 0 spiro atoms. The molecule has 0 bridgehead atoms. The van der Waals surface area contributed by atoms with Crippen LogP contribution in [-0.4, -0.2) is 61.4 Å². The second-order valence-electron chi connectivity index (χ2n) is 10.3. The van der Waals surface area contributed by atoms with Crippen LogP contribution < -0.4 is 10.6 Å². The molecule has 40 heavy (non-hydrogen) atoms. The average molecular weight is 550 g/mol. The maximum atomic E-state index is 15.7. The van der Waals surface area contributed by atoms with E-state index < -0.39 is 40.4 Å². The number of hydrogen-bond donors (Lipinski definition) is 2. The lowest BCUT2D eigenvalue weighted by Gasteiger charge is -2.39. The first-order valence-electron chi connectivity index (χ1n) is 12.9. The van der Waals surface area contributed by atoms with Crippen LogP contribution >= 0.6 is 0 Å². The van der Waals surface area contributed by atoms with Gasteiger partial charge < -0.3 is 20.0 Å². The van der Waals surface area contributed by atoms with E-state index in [1.807, 2.05) is 39.0 Å². The van der Waals surface area contributed by atoms with Gasteiger partial charge in [0.1, 0.15) is 23.1 Å². The molecule has 5 rings (SSSR count). The number of amides is 1. The number of aryl methyl sites for hydroxylation is 1. The van der Waals surface area contributed by atoms with Crippen LogP contribution in [-0.2, 0) is 0 Å². The third-order valence-corrected chi connectivity index (χ3v) is 7.31. The number of phenols is 1. The zero-order valence-electron chi connectivity index (χ0n) is 22.5. The molecule has 1 amide bonds. The molecule has 2 aromatic heterocycles. The topological polar surface area (TPSA) is 112 Å². The Balaban J connectivity index is 1.86. The van der Waals surface area contributed by atoms with E-state index in [1.54, 1.807) is 11.8 Å². The SMILES string of the molecule is Cc1cccc(C(C)C)c1-n1c(=O)nc(N2CCN(C(=O)O)C[C@@H]2C)c2cc(F)c(-c3c(O)cccc3F)nc21. The van der Waals surface area contributed by atoms with Crippen molar-refractivity contribution in [3.05, 3.63) is 75.7 Å². The third kappa shape index (κ3) is 4.51. The summed E-state index contributed by atoms with van der Waals surface area (Å²) in [4.78, 5) is 37.3. The van der Waals surface area contributed by atoms with Crippen molar-refractivity contribution in [3.8, 4) is 22.7 Å². The summed E-state index contributed by atoms with van der Waals surface area (Å²) in [6.45, 7) is 8.14. The summed E-state index contributed by atoms with van der Waals surface area (Å²) in [5.74, 6) is -2.11. The second kappa shape index (κ2) is 10.2. The van der Waals surface area contributed by atoms with Crippen LogP contribution in [0.15, 0.2) is 47.3 Å². The third-order valence-electron chi connectivity index (χ3n) is 7.31. The molecule has 1 aliphatic rings. The number of fused-ring (bicyclic) bond motifs is 1. The first-order chi connectivity index (χ1) is 19.0. The quantitative estimate of drug-likeness (QED) is 0.366. The van der Waals surface area contributed by atoms with Crippen molar-refractivity contribution >= 4 is 22.9 Å². The Labute approximate surface area is 229 Å². The zero-order chi connectivity index (χ0) is 28.9. The van der Waals surface area contributed by atoms with Gasteiger partial charge in [-0.15, -0.1) is 0 Å². The van der Waals surface area contributed by atoms with Crippen LogP contribution in [0.4, 0.5) is 19.4 Å². The fourth-order valence-corrected chi connectivity index (χ4v) is 5.35. The van der Waals surface area contributed by atoms with Crippen molar-refractivity contribution in [2.75, 3.05) is 24.5 Å². The molecule has 1 aliphatic heterocycles. The molecule has 0 radical (unpaired) electrons. The highest BCUT2D eigenvalue weighted by molar-refractivity contribution is 5.91. The number of hydrogen-bond acceptors (Lipinski definition) is 6. The van der Waals surface area contributed by atoms with Gasteiger partial charge in [0.05, 0.1) is 16.6 Å². The second-order valence-corrected chi connectivity index (χ2v) is 10.3. The molecule has 2 N–H and O–H groups in total. The molecule has 0 aliphatic carbocycles. The van der Waals surface area contributed by atoms with E-state index in [2.05, 4.69) is 9.97 Å². The molecule has 0 saturated carbocycles. The van der Waals surface area contributed by atoms with Crippen molar-refractivity contribution in [1.82, 2.24) is 19.4 Å². The van der Waals surface area contributed by atoms with Gasteiger partial charge >= 0.3 is 11.8 Å². The number of phenolic OH excluding ortho intramolecular Hbond substituents is 1. The van der Waals surface area contributed by atoms with E-state index in [-0.39, 0.29) is 48.4 Å². The maximum absolute atomic E-state index is 15.7. The summed E-state index contributed by atoms with van der Waals surface area (Å²) in [6, 6.07) is 10.00. The van der Waals surface area contributed by atoms with Crippen LogP contribution in [0.2, 0.25) is 0 Å². The van der Waals surface area contributed by atoms with E-state index in [9.17, 15) is 24.2 Å². The summed E-state index contributed by atoms with van der Waals surface area (Å²) in [6.07, 6.45) is -1.05. The van der Waals surface area contributed by atoms with Gasteiger partial charge in [-0.2, -0.15) is 4.98 Å². The summed E-state index contributed by atoms with van der Waals surface area (Å²) in [5, 5.41) is 20.1. The molecule has 1 atom stereocenters. The van der Waals surface area contributed by atoms with Crippen LogP contribution in [0.3, 0.4) is 0 Å². The minimum absolute atomic E-state index is 0.0103. The summed E-state index contributed by atoms with van der Waals surface area (Å²) < 4.78 is 31.9. The fraction of sp³-hybridized carbons (Fsp3) is 0.310. The van der Waals surface area contributed by atoms with Gasteiger partial charge in [0.25, 0.3) is 0 Å². The average Bonchev–Trinajstić information content (AvgIpc) is 2.89. The molecular formula is C29H29F2N5O4. The number of carbonyl (C=O) groups is 1. The highest BCUT2D eigenvalue weighted by atomic mass is 19.1. The Kier molecular flexibility index (Phi) is 6.91. The van der Waals surface area contributed by atoms with Gasteiger partial charge in [-0.05, 0) is 49.1 Å². The van der Waals surface area contributed by atoms with Crippen LogP contribution in [0.1, 0.15) is 37.8 Å². The Morgan fingerprint density at radius 2 is 1.80 bits per heavy atom. The fourth-order valence-electron chi connectivity index (χ4n) is 5.35. The number of halogens is 2. The van der Waals surface area contributed by atoms with Gasteiger partial charge in [0.2, 0.25) is 0 Å². The molecule has 0 unspecified atom stereocenters. The highest BCUT2D eigenvalue weighted by Gasteiger charge is 2.31. The van der Waals surface area contributed by atoms with Crippen molar-refractivity contribution in [2.24, 2.45) is 0 Å². The van der Waals surface area contributed by atoms with Crippen LogP contribution in [0.5, 0.6) is 5.75 Å². The monoisotopic (exact) mass is 549 g/mol. The van der Waals surface area contributed by atoms with E-state index in [4.69, 9.17) is 0 Å². The Bertz CT molecular complexity index is 1680. The number of aromatic nitrogens is 3. The van der Waals surface area contributed by atoms with Crippen molar-refractivity contribution < 1.29 is 23.8 Å². The van der Waals surface area contributed by atoms with Crippen LogP contribution in [0.25, 0.3) is 28.0 Å². The molecule has 2 aromatic carbocycles. The van der Waals surface area contributed by atoms with Gasteiger partial charge in [0, 0.05) is 25.7 Å². The molecule has 4 aromatic rings. The van der Waals surface area contributed by atoms with Gasteiger partial charge in [-0.25, -0.2) is 27.9 Å². The normalized spacial score (nSPS) is 15.7. The number of nitrogens with zero attached hydrogens (tertiary/aromatic N) is 5. The van der Waals surface area contributed by atoms with Gasteiger partial charge in [0.15, 0.2) is 11.5 Å². The zero-order valence-corrected chi connectivity index (χ0v) is 22.5. The molecule has 1 fully saturated rings. The van der Waals surface area contributed by atoms with E-state index >= 15 is 4.39 Å². The Hall–Kier alpha value is -4.54. The number of anilines is 1. The van der Waals surface area contributed by atoms with E-state index in [1.165, 1.54) is 21.6 Å². The largest absolute Gasteiger partial charge is 0.507 e. The number of rotatable bonds is 4. The molecule has 1 saturated heterocycles. The van der Waals surface area contributed by atoms with E-state index in [0.717, 1.165) is 23.3 Å².